The van der Waals surface area contributed by atoms with Crippen LogP contribution in [-0.4, -0.2) is 0 Å². The lowest BCUT2D eigenvalue weighted by atomic mass is 10.0. The van der Waals surface area contributed by atoms with Gasteiger partial charge in [-0.25, -0.2) is 0 Å². The zero-order valence-electron chi connectivity index (χ0n) is 10.5. The highest BCUT2D eigenvalue weighted by molar-refractivity contribution is 6.07. The monoisotopic (exact) mass is 181 g/mol. The fourth-order valence-corrected chi connectivity index (χ4v) is 1.77. The lowest BCUT2D eigenvalue weighted by Crippen LogP contribution is -1.75. The minimum atomic E-state index is -0.00668. The fraction of sp³-hybridized carbons (Fsp3) is 0. The van der Waals surface area contributed by atoms with Gasteiger partial charge in [0.15, 0.2) is 0 Å². The lowest BCUT2D eigenvalue weighted by molar-refractivity contribution is 1.76. The Morgan fingerprint density at radius 2 is 1.50 bits per heavy atom. The summed E-state index contributed by atoms with van der Waals surface area (Å²) in [6.45, 7) is 0. The predicted molar refractivity (Wildman–Crippen MR) is 61.5 cm³/mol. The molecule has 0 nitrogen and oxygen atoms in total. The highest BCUT2D eigenvalue weighted by atomic mass is 14.0. The van der Waals surface area contributed by atoms with Crippen LogP contribution in [0.5, 0.6) is 0 Å². The molecule has 0 heterocycles. The third-order valence-electron chi connectivity index (χ3n) is 2.46. The summed E-state index contributed by atoms with van der Waals surface area (Å²) in [7, 11) is 0. The average Bonchev–Trinajstić information content (AvgIpc) is 2.36. The molecular formula is C14H10. The van der Waals surface area contributed by atoms with Gasteiger partial charge >= 0.3 is 0 Å². The SMILES string of the molecule is [2H]c1cc2c(ccc3ccccc32)c([2H])c1[2H]. The Morgan fingerprint density at radius 1 is 0.714 bits per heavy atom. The van der Waals surface area contributed by atoms with Gasteiger partial charge in [-0.1, -0.05) is 60.6 Å². The van der Waals surface area contributed by atoms with Gasteiger partial charge in [-0.05, 0) is 21.5 Å². The first-order chi connectivity index (χ1) is 8.18. The maximum Gasteiger partial charge on any atom is 0.0629 e. The quantitative estimate of drug-likeness (QED) is 0.460. The van der Waals surface area contributed by atoms with Crippen LogP contribution in [0.4, 0.5) is 0 Å². The molecule has 3 aromatic carbocycles. The number of rotatable bonds is 0. The molecule has 0 aliphatic heterocycles. The van der Waals surface area contributed by atoms with Gasteiger partial charge in [0.1, 0.15) is 0 Å². The average molecular weight is 181 g/mol. The maximum absolute atomic E-state index is 7.90. The molecule has 3 aromatic rings. The van der Waals surface area contributed by atoms with E-state index in [-0.39, 0.29) is 18.1 Å². The molecule has 0 radical (unpaired) electrons. The van der Waals surface area contributed by atoms with Gasteiger partial charge in [-0.3, -0.25) is 0 Å². The van der Waals surface area contributed by atoms with Gasteiger partial charge in [0.05, 0.1) is 4.11 Å². The van der Waals surface area contributed by atoms with Gasteiger partial charge < -0.3 is 0 Å². The van der Waals surface area contributed by atoms with Crippen LogP contribution < -0.4 is 0 Å². The molecule has 0 atom stereocenters. The Kier molecular flexibility index (Phi) is 1.05. The molecule has 0 aliphatic carbocycles. The smallest absolute Gasteiger partial charge is 0.0616 e. The van der Waals surface area contributed by atoms with E-state index in [0.29, 0.717) is 0 Å². The van der Waals surface area contributed by atoms with Crippen LogP contribution in [0, 0.1) is 0 Å². The first kappa shape index (κ1) is 5.16. The Bertz CT molecular complexity index is 732. The molecular weight excluding hydrogens is 168 g/mol. The van der Waals surface area contributed by atoms with Crippen LogP contribution in [0.25, 0.3) is 21.5 Å². The van der Waals surface area contributed by atoms with Crippen LogP contribution >= 0.6 is 0 Å². The van der Waals surface area contributed by atoms with E-state index in [4.69, 9.17) is 4.11 Å². The maximum atomic E-state index is 7.90. The van der Waals surface area contributed by atoms with E-state index in [9.17, 15) is 0 Å². The Hall–Kier alpha value is -1.82. The molecule has 0 heteroatoms. The summed E-state index contributed by atoms with van der Waals surface area (Å²) in [5.74, 6) is 0. The molecule has 0 N–H and O–H groups in total. The highest BCUT2D eigenvalue weighted by Crippen LogP contribution is 2.24. The van der Waals surface area contributed by atoms with E-state index in [1.165, 1.54) is 0 Å². The summed E-state index contributed by atoms with van der Waals surface area (Å²) in [6, 6.07) is 13.6. The second-order valence-electron chi connectivity index (χ2n) is 3.29. The van der Waals surface area contributed by atoms with E-state index in [1.807, 2.05) is 36.4 Å². The molecule has 0 bridgehead atoms. The number of hydrogen-bond acceptors (Lipinski definition) is 0. The zero-order valence-corrected chi connectivity index (χ0v) is 7.54. The molecule has 0 amide bonds. The fourth-order valence-electron chi connectivity index (χ4n) is 1.77. The van der Waals surface area contributed by atoms with Gasteiger partial charge in [0, 0.05) is 0 Å². The van der Waals surface area contributed by atoms with Gasteiger partial charge in [-0.2, -0.15) is 0 Å². The summed E-state index contributed by atoms with van der Waals surface area (Å²) in [5, 5.41) is 3.75. The van der Waals surface area contributed by atoms with Crippen molar-refractivity contribution in [3.63, 3.8) is 0 Å². The van der Waals surface area contributed by atoms with Gasteiger partial charge in [0.25, 0.3) is 0 Å². The van der Waals surface area contributed by atoms with E-state index in [1.54, 1.807) is 6.07 Å². The second-order valence-corrected chi connectivity index (χ2v) is 3.29. The number of benzene rings is 3. The van der Waals surface area contributed by atoms with Crippen molar-refractivity contribution in [3.8, 4) is 0 Å². The van der Waals surface area contributed by atoms with Gasteiger partial charge in [0.2, 0.25) is 0 Å². The molecule has 0 aromatic heterocycles. The molecule has 14 heavy (non-hydrogen) atoms. The Balaban J connectivity index is 2.59. The topological polar surface area (TPSA) is 0 Å². The number of fused-ring (bicyclic) bond motifs is 3. The first-order valence-electron chi connectivity index (χ1n) is 6.07. The van der Waals surface area contributed by atoms with Gasteiger partial charge in [-0.15, -0.1) is 0 Å². The van der Waals surface area contributed by atoms with Crippen molar-refractivity contribution in [2.75, 3.05) is 0 Å². The van der Waals surface area contributed by atoms with E-state index < -0.39 is 0 Å². The molecule has 3 rings (SSSR count). The molecule has 0 fully saturated rings. The van der Waals surface area contributed by atoms with Crippen LogP contribution in [0.15, 0.2) is 60.6 Å². The summed E-state index contributed by atoms with van der Waals surface area (Å²) in [4.78, 5) is 0. The van der Waals surface area contributed by atoms with Crippen LogP contribution in [-0.2, 0) is 0 Å². The predicted octanol–water partition coefficient (Wildman–Crippen LogP) is 3.99. The lowest BCUT2D eigenvalue weighted by Gasteiger charge is -2.02. The van der Waals surface area contributed by atoms with Crippen molar-refractivity contribution < 1.29 is 4.11 Å². The highest BCUT2D eigenvalue weighted by Gasteiger charge is 1.97. The van der Waals surface area contributed by atoms with Crippen LogP contribution in [0.1, 0.15) is 4.11 Å². The van der Waals surface area contributed by atoms with Crippen molar-refractivity contribution in [1.29, 1.82) is 0 Å². The molecule has 0 aliphatic rings. The molecule has 0 saturated carbocycles. The van der Waals surface area contributed by atoms with E-state index >= 15 is 0 Å². The number of hydrogen-bond donors (Lipinski definition) is 0. The minimum Gasteiger partial charge on any atom is -0.0616 e. The van der Waals surface area contributed by atoms with Crippen LogP contribution in [0.2, 0.25) is 0 Å². The van der Waals surface area contributed by atoms with Crippen molar-refractivity contribution >= 4 is 21.5 Å². The Morgan fingerprint density at radius 3 is 2.50 bits per heavy atom. The normalized spacial score (nSPS) is 13.9. The molecule has 0 unspecified atom stereocenters. The second kappa shape index (κ2) is 2.85. The Labute approximate surface area is 87.0 Å². The molecule has 0 spiro atoms. The summed E-state index contributed by atoms with van der Waals surface area (Å²) in [5.41, 5.74) is 0. The first-order valence-corrected chi connectivity index (χ1v) is 4.57. The summed E-state index contributed by atoms with van der Waals surface area (Å²) in [6.07, 6.45) is 0. The molecule has 66 valence electrons. The third-order valence-corrected chi connectivity index (χ3v) is 2.46. The van der Waals surface area contributed by atoms with Crippen molar-refractivity contribution in [2.24, 2.45) is 0 Å². The van der Waals surface area contributed by atoms with Crippen LogP contribution in [0.3, 0.4) is 0 Å². The molecule has 0 saturated heterocycles. The largest absolute Gasteiger partial charge is 0.0629 e. The van der Waals surface area contributed by atoms with E-state index in [0.717, 1.165) is 21.5 Å². The summed E-state index contributed by atoms with van der Waals surface area (Å²) >= 11 is 0. The zero-order chi connectivity index (χ0) is 12.0. The standard InChI is InChI=1S/C14H10/c1-3-7-13-11(5-1)9-10-12-6-2-4-8-14(12)13/h1-10H/i1D,3D,5D. The van der Waals surface area contributed by atoms with Crippen molar-refractivity contribution in [1.82, 2.24) is 0 Å². The van der Waals surface area contributed by atoms with Crippen molar-refractivity contribution in [2.45, 2.75) is 0 Å². The minimum absolute atomic E-state index is 0.00668. The summed E-state index contributed by atoms with van der Waals surface area (Å²) < 4.78 is 23.3. The third kappa shape index (κ3) is 1.01. The van der Waals surface area contributed by atoms with E-state index in [2.05, 4.69) is 0 Å². The van der Waals surface area contributed by atoms with Crippen molar-refractivity contribution in [3.05, 3.63) is 60.6 Å².